The highest BCUT2D eigenvalue weighted by atomic mass is 35.5. The maximum Gasteiger partial charge on any atom is 0.222 e. The van der Waals surface area contributed by atoms with E-state index in [0.717, 1.165) is 0 Å². The molecule has 5 heteroatoms. The van der Waals surface area contributed by atoms with E-state index in [9.17, 15) is 4.79 Å². The highest BCUT2D eigenvalue weighted by Gasteiger charge is 2.23. The largest absolute Gasteiger partial charge is 0.346 e. The van der Waals surface area contributed by atoms with Gasteiger partial charge in [0.15, 0.2) is 0 Å². The van der Waals surface area contributed by atoms with Crippen LogP contribution in [0.3, 0.4) is 0 Å². The lowest BCUT2D eigenvalue weighted by atomic mass is 10.1. The van der Waals surface area contributed by atoms with E-state index in [2.05, 4.69) is 0 Å². The molecule has 0 amide bonds. The van der Waals surface area contributed by atoms with Gasteiger partial charge in [-0.05, 0) is 26.0 Å². The predicted molar refractivity (Wildman–Crippen MR) is 67.8 cm³/mol. The van der Waals surface area contributed by atoms with Gasteiger partial charge in [0.2, 0.25) is 12.1 Å². The molecule has 3 nitrogen and oxygen atoms in total. The van der Waals surface area contributed by atoms with Crippen LogP contribution < -0.4 is 0 Å². The van der Waals surface area contributed by atoms with E-state index in [4.69, 9.17) is 32.7 Å². The van der Waals surface area contributed by atoms with Gasteiger partial charge < -0.3 is 9.47 Å². The molecule has 17 heavy (non-hydrogen) atoms. The van der Waals surface area contributed by atoms with E-state index >= 15 is 0 Å². The first kappa shape index (κ1) is 14.5. The van der Waals surface area contributed by atoms with Crippen LogP contribution >= 0.6 is 23.2 Å². The lowest BCUT2D eigenvalue weighted by Crippen LogP contribution is -2.28. The quantitative estimate of drug-likeness (QED) is 0.589. The smallest absolute Gasteiger partial charge is 0.222 e. The van der Waals surface area contributed by atoms with Crippen molar-refractivity contribution in [2.24, 2.45) is 0 Å². The van der Waals surface area contributed by atoms with Crippen LogP contribution in [0.25, 0.3) is 0 Å². The standard InChI is InChI=1S/C12H14Cl2O3/c1-3-16-12(17-4-2)11(15)8-6-5-7-9(13)10(8)14/h5-7,12H,3-4H2,1-2H3. The van der Waals surface area contributed by atoms with Gasteiger partial charge in [-0.25, -0.2) is 0 Å². The van der Waals surface area contributed by atoms with E-state index in [0.29, 0.717) is 23.8 Å². The summed E-state index contributed by atoms with van der Waals surface area (Å²) in [5.41, 5.74) is 0.311. The Morgan fingerprint density at radius 1 is 1.24 bits per heavy atom. The van der Waals surface area contributed by atoms with Gasteiger partial charge in [0.1, 0.15) is 0 Å². The zero-order valence-corrected chi connectivity index (χ0v) is 11.2. The number of halogens is 2. The first-order valence-electron chi connectivity index (χ1n) is 5.33. The number of hydrogen-bond acceptors (Lipinski definition) is 3. The number of hydrogen-bond donors (Lipinski definition) is 0. The van der Waals surface area contributed by atoms with Crippen LogP contribution in [-0.4, -0.2) is 25.3 Å². The number of Topliss-reactive ketones (excluding diaryl/α,β-unsaturated/α-hetero) is 1. The van der Waals surface area contributed by atoms with Crippen molar-refractivity contribution in [2.75, 3.05) is 13.2 Å². The monoisotopic (exact) mass is 276 g/mol. The maximum absolute atomic E-state index is 12.1. The maximum atomic E-state index is 12.1. The molecule has 0 aromatic heterocycles. The summed E-state index contributed by atoms with van der Waals surface area (Å²) < 4.78 is 10.4. The summed E-state index contributed by atoms with van der Waals surface area (Å²) in [6, 6.07) is 4.88. The molecule has 1 rings (SSSR count). The Bertz CT molecular complexity index is 387. The zero-order chi connectivity index (χ0) is 12.8. The number of benzene rings is 1. The van der Waals surface area contributed by atoms with Crippen molar-refractivity contribution in [1.29, 1.82) is 0 Å². The summed E-state index contributed by atoms with van der Waals surface area (Å²) in [5.74, 6) is -0.318. The van der Waals surface area contributed by atoms with Crippen LogP contribution in [0.4, 0.5) is 0 Å². The third-order valence-corrected chi connectivity index (χ3v) is 2.89. The molecule has 0 heterocycles. The average molecular weight is 277 g/mol. The van der Waals surface area contributed by atoms with Crippen LogP contribution in [-0.2, 0) is 9.47 Å². The first-order valence-corrected chi connectivity index (χ1v) is 6.08. The van der Waals surface area contributed by atoms with Crippen LogP contribution in [0.2, 0.25) is 10.0 Å². The highest BCUT2D eigenvalue weighted by Crippen LogP contribution is 2.27. The number of ether oxygens (including phenoxy) is 2. The van der Waals surface area contributed by atoms with Gasteiger partial charge in [0.05, 0.1) is 10.0 Å². The fourth-order valence-electron chi connectivity index (χ4n) is 1.32. The van der Waals surface area contributed by atoms with Gasteiger partial charge in [0, 0.05) is 18.8 Å². The highest BCUT2D eigenvalue weighted by molar-refractivity contribution is 6.44. The molecule has 0 aliphatic heterocycles. The van der Waals surface area contributed by atoms with Crippen molar-refractivity contribution < 1.29 is 14.3 Å². The first-order chi connectivity index (χ1) is 8.11. The van der Waals surface area contributed by atoms with Gasteiger partial charge in [-0.3, -0.25) is 4.79 Å². The minimum Gasteiger partial charge on any atom is -0.346 e. The van der Waals surface area contributed by atoms with Crippen molar-refractivity contribution in [1.82, 2.24) is 0 Å². The van der Waals surface area contributed by atoms with Crippen LogP contribution in [0, 0.1) is 0 Å². The van der Waals surface area contributed by atoms with Crippen molar-refractivity contribution >= 4 is 29.0 Å². The van der Waals surface area contributed by atoms with Crippen molar-refractivity contribution in [3.05, 3.63) is 33.8 Å². The fraction of sp³-hybridized carbons (Fsp3) is 0.417. The molecule has 0 N–H and O–H groups in total. The van der Waals surface area contributed by atoms with Gasteiger partial charge in [-0.1, -0.05) is 29.3 Å². The molecule has 94 valence electrons. The minimum atomic E-state index is -0.930. The van der Waals surface area contributed by atoms with Crippen molar-refractivity contribution in [3.63, 3.8) is 0 Å². The second kappa shape index (κ2) is 6.97. The Balaban J connectivity index is 2.96. The van der Waals surface area contributed by atoms with Gasteiger partial charge >= 0.3 is 0 Å². The molecule has 0 radical (unpaired) electrons. The molecule has 0 spiro atoms. The number of rotatable bonds is 6. The zero-order valence-electron chi connectivity index (χ0n) is 9.70. The number of carbonyl (C=O) groups is 1. The lowest BCUT2D eigenvalue weighted by molar-refractivity contribution is -0.107. The van der Waals surface area contributed by atoms with Crippen molar-refractivity contribution in [2.45, 2.75) is 20.1 Å². The molecule has 1 aromatic carbocycles. The van der Waals surface area contributed by atoms with Gasteiger partial charge in [0.25, 0.3) is 0 Å². The minimum absolute atomic E-state index is 0.226. The van der Waals surface area contributed by atoms with E-state index in [1.807, 2.05) is 0 Å². The predicted octanol–water partition coefficient (Wildman–Crippen LogP) is 3.58. The molecule has 0 saturated heterocycles. The Hall–Kier alpha value is -0.610. The second-order valence-electron chi connectivity index (χ2n) is 3.21. The normalized spacial score (nSPS) is 10.9. The molecule has 0 aliphatic rings. The Kier molecular flexibility index (Phi) is 5.92. The number of carbonyl (C=O) groups excluding carboxylic acids is 1. The Morgan fingerprint density at radius 2 is 1.82 bits per heavy atom. The molecule has 0 saturated carbocycles. The molecule has 0 unspecified atom stereocenters. The third kappa shape index (κ3) is 3.68. The molecule has 0 bridgehead atoms. The average Bonchev–Trinajstić information content (AvgIpc) is 2.31. The summed E-state index contributed by atoms with van der Waals surface area (Å²) >= 11 is 11.8. The van der Waals surface area contributed by atoms with Gasteiger partial charge in [-0.15, -0.1) is 0 Å². The SMILES string of the molecule is CCOC(OCC)C(=O)c1cccc(Cl)c1Cl. The molecule has 0 fully saturated rings. The molecular formula is C12H14Cl2O3. The molecular weight excluding hydrogens is 263 g/mol. The molecule has 0 aliphatic carbocycles. The van der Waals surface area contributed by atoms with E-state index in [1.165, 1.54) is 0 Å². The van der Waals surface area contributed by atoms with Crippen LogP contribution in [0.1, 0.15) is 24.2 Å². The second-order valence-corrected chi connectivity index (χ2v) is 3.99. The number of ketones is 1. The summed E-state index contributed by atoms with van der Waals surface area (Å²) in [6.45, 7) is 4.35. The summed E-state index contributed by atoms with van der Waals surface area (Å²) in [6.07, 6.45) is -0.930. The molecule has 0 atom stereocenters. The van der Waals surface area contributed by atoms with E-state index < -0.39 is 6.29 Å². The molecule has 1 aromatic rings. The third-order valence-electron chi connectivity index (χ3n) is 2.07. The van der Waals surface area contributed by atoms with Crippen molar-refractivity contribution in [3.8, 4) is 0 Å². The van der Waals surface area contributed by atoms with Gasteiger partial charge in [-0.2, -0.15) is 0 Å². The summed E-state index contributed by atoms with van der Waals surface area (Å²) in [4.78, 5) is 12.1. The summed E-state index contributed by atoms with van der Waals surface area (Å²) in [7, 11) is 0. The van der Waals surface area contributed by atoms with E-state index in [1.54, 1.807) is 32.0 Å². The summed E-state index contributed by atoms with van der Waals surface area (Å²) in [5, 5.41) is 0.563. The van der Waals surface area contributed by atoms with E-state index in [-0.39, 0.29) is 10.8 Å². The fourth-order valence-corrected chi connectivity index (χ4v) is 1.72. The topological polar surface area (TPSA) is 35.5 Å². The van der Waals surface area contributed by atoms with Crippen LogP contribution in [0.15, 0.2) is 18.2 Å². The lowest BCUT2D eigenvalue weighted by Gasteiger charge is -2.16. The Labute approximate surface area is 111 Å². The van der Waals surface area contributed by atoms with Crippen LogP contribution in [0.5, 0.6) is 0 Å². The Morgan fingerprint density at radius 3 is 2.35 bits per heavy atom.